The normalized spacial score (nSPS) is 29.7. The first-order chi connectivity index (χ1) is 11.3. The van der Waals surface area contributed by atoms with E-state index in [9.17, 15) is 4.79 Å². The van der Waals surface area contributed by atoms with Gasteiger partial charge in [0.15, 0.2) is 0 Å². The molecule has 2 fully saturated rings. The summed E-state index contributed by atoms with van der Waals surface area (Å²) in [4.78, 5) is 12.0. The van der Waals surface area contributed by atoms with Gasteiger partial charge in [-0.2, -0.15) is 0 Å². The smallest absolute Gasteiger partial charge is 0.338 e. The fourth-order valence-electron chi connectivity index (χ4n) is 4.64. The lowest BCUT2D eigenvalue weighted by atomic mass is 9.77. The number of carbonyl (C=O) groups excluding carboxylic acids is 1. The molecule has 1 saturated carbocycles. The first-order valence-electron chi connectivity index (χ1n) is 8.97. The third kappa shape index (κ3) is 2.63. The number of anilines is 1. The van der Waals surface area contributed by atoms with Crippen LogP contribution in [0.15, 0.2) is 18.2 Å². The summed E-state index contributed by atoms with van der Waals surface area (Å²) in [5.41, 5.74) is 2.89. The second-order valence-electron chi connectivity index (χ2n) is 6.98. The van der Waals surface area contributed by atoms with Crippen LogP contribution in [-0.4, -0.2) is 25.2 Å². The molecule has 23 heavy (non-hydrogen) atoms. The highest BCUT2D eigenvalue weighted by molar-refractivity contribution is 5.91. The fraction of sp³-hybridized carbons (Fsp3) is 0.632. The number of hydrogen-bond donors (Lipinski definition) is 1. The van der Waals surface area contributed by atoms with E-state index in [0.717, 1.165) is 24.6 Å². The van der Waals surface area contributed by atoms with Crippen LogP contribution in [0.1, 0.15) is 61.1 Å². The Hall–Kier alpha value is -1.55. The van der Waals surface area contributed by atoms with Gasteiger partial charge < -0.3 is 14.8 Å². The first-order valence-corrected chi connectivity index (χ1v) is 8.97. The summed E-state index contributed by atoms with van der Waals surface area (Å²) >= 11 is 0. The molecule has 4 rings (SSSR count). The van der Waals surface area contributed by atoms with Crippen molar-refractivity contribution in [2.75, 3.05) is 18.5 Å². The van der Waals surface area contributed by atoms with E-state index in [1.165, 1.54) is 31.2 Å². The highest BCUT2D eigenvalue weighted by atomic mass is 16.5. The van der Waals surface area contributed by atoms with Gasteiger partial charge in [0, 0.05) is 29.8 Å². The Labute approximate surface area is 137 Å². The van der Waals surface area contributed by atoms with Crippen molar-refractivity contribution in [3.05, 3.63) is 29.3 Å². The number of esters is 1. The minimum atomic E-state index is -0.246. The van der Waals surface area contributed by atoms with E-state index in [1.807, 2.05) is 25.1 Å². The lowest BCUT2D eigenvalue weighted by Crippen LogP contribution is -2.40. The molecule has 0 aromatic heterocycles. The predicted octanol–water partition coefficient (Wildman–Crippen LogP) is 3.93. The Kier molecular flexibility index (Phi) is 4.02. The zero-order valence-electron chi connectivity index (χ0n) is 13.7. The van der Waals surface area contributed by atoms with Crippen molar-refractivity contribution in [2.45, 2.75) is 51.2 Å². The Morgan fingerprint density at radius 3 is 2.91 bits per heavy atom. The third-order valence-corrected chi connectivity index (χ3v) is 5.70. The number of nitrogens with one attached hydrogen (secondary N) is 1. The van der Waals surface area contributed by atoms with Crippen molar-refractivity contribution >= 4 is 11.7 Å². The Bertz CT molecular complexity index is 594. The summed E-state index contributed by atoms with van der Waals surface area (Å²) in [6, 6.07) is 6.35. The molecule has 1 aromatic carbocycles. The van der Waals surface area contributed by atoms with Crippen molar-refractivity contribution in [3.63, 3.8) is 0 Å². The second-order valence-corrected chi connectivity index (χ2v) is 6.98. The van der Waals surface area contributed by atoms with E-state index in [1.54, 1.807) is 0 Å². The summed E-state index contributed by atoms with van der Waals surface area (Å²) in [6.07, 6.45) is 6.64. The summed E-state index contributed by atoms with van der Waals surface area (Å²) < 4.78 is 11.2. The largest absolute Gasteiger partial charge is 0.462 e. The third-order valence-electron chi connectivity index (χ3n) is 5.70. The van der Waals surface area contributed by atoms with Gasteiger partial charge in [-0.1, -0.05) is 18.9 Å². The van der Waals surface area contributed by atoms with Gasteiger partial charge in [-0.15, -0.1) is 0 Å². The van der Waals surface area contributed by atoms with Gasteiger partial charge in [-0.05, 0) is 44.2 Å². The molecule has 3 unspecified atom stereocenters. The van der Waals surface area contributed by atoms with Gasteiger partial charge in [0.25, 0.3) is 0 Å². The number of hydrogen-bond acceptors (Lipinski definition) is 4. The van der Waals surface area contributed by atoms with Crippen LogP contribution in [-0.2, 0) is 9.47 Å². The van der Waals surface area contributed by atoms with Crippen LogP contribution in [0.3, 0.4) is 0 Å². The van der Waals surface area contributed by atoms with Crippen LogP contribution in [0.25, 0.3) is 0 Å². The highest BCUT2D eigenvalue weighted by Gasteiger charge is 2.44. The highest BCUT2D eigenvalue weighted by Crippen LogP contribution is 2.48. The van der Waals surface area contributed by atoms with Crippen molar-refractivity contribution in [3.8, 4) is 0 Å². The molecule has 3 aliphatic rings. The molecule has 1 N–H and O–H groups in total. The Morgan fingerprint density at radius 2 is 2.13 bits per heavy atom. The maximum atomic E-state index is 12.0. The van der Waals surface area contributed by atoms with Gasteiger partial charge in [-0.25, -0.2) is 4.79 Å². The summed E-state index contributed by atoms with van der Waals surface area (Å²) in [5.74, 6) is 1.06. The standard InChI is InChI=1S/C19H25NO3/c1-2-22-19(21)13-7-8-14-16(11-13)20-17(12-5-3-4-6-12)15-9-10-23-18(14)15/h7-8,11-12,15,17-18,20H,2-6,9-10H2,1H3. The van der Waals surface area contributed by atoms with E-state index < -0.39 is 0 Å². The molecule has 1 aromatic rings. The van der Waals surface area contributed by atoms with Crippen molar-refractivity contribution < 1.29 is 14.3 Å². The Morgan fingerprint density at radius 1 is 1.30 bits per heavy atom. The maximum absolute atomic E-state index is 12.0. The summed E-state index contributed by atoms with van der Waals surface area (Å²) in [7, 11) is 0. The quantitative estimate of drug-likeness (QED) is 0.859. The number of benzene rings is 1. The monoisotopic (exact) mass is 315 g/mol. The lowest BCUT2D eigenvalue weighted by Gasteiger charge is -2.39. The van der Waals surface area contributed by atoms with Crippen LogP contribution in [0.5, 0.6) is 0 Å². The molecule has 4 heteroatoms. The van der Waals surface area contributed by atoms with Crippen LogP contribution in [0.4, 0.5) is 5.69 Å². The minimum absolute atomic E-state index is 0.188. The molecular weight excluding hydrogens is 290 g/mol. The average molecular weight is 315 g/mol. The number of fused-ring (bicyclic) bond motifs is 3. The summed E-state index contributed by atoms with van der Waals surface area (Å²) in [6.45, 7) is 3.09. The first kappa shape index (κ1) is 15.0. The van der Waals surface area contributed by atoms with E-state index in [0.29, 0.717) is 24.1 Å². The maximum Gasteiger partial charge on any atom is 0.338 e. The Balaban J connectivity index is 1.66. The van der Waals surface area contributed by atoms with E-state index in [-0.39, 0.29) is 12.1 Å². The van der Waals surface area contributed by atoms with E-state index >= 15 is 0 Å². The fourth-order valence-corrected chi connectivity index (χ4v) is 4.64. The lowest BCUT2D eigenvalue weighted by molar-refractivity contribution is 0.0525. The molecule has 0 radical (unpaired) electrons. The number of carbonyl (C=O) groups is 1. The van der Waals surface area contributed by atoms with Crippen LogP contribution < -0.4 is 5.32 Å². The molecule has 2 heterocycles. The average Bonchev–Trinajstić information content (AvgIpc) is 3.25. The van der Waals surface area contributed by atoms with Gasteiger partial charge in [0.05, 0.1) is 18.3 Å². The molecule has 1 saturated heterocycles. The van der Waals surface area contributed by atoms with Crippen LogP contribution >= 0.6 is 0 Å². The minimum Gasteiger partial charge on any atom is -0.462 e. The van der Waals surface area contributed by atoms with Gasteiger partial charge in [0.1, 0.15) is 0 Å². The molecular formula is C19H25NO3. The van der Waals surface area contributed by atoms with Gasteiger partial charge in [0.2, 0.25) is 0 Å². The molecule has 0 spiro atoms. The zero-order valence-corrected chi connectivity index (χ0v) is 13.7. The topological polar surface area (TPSA) is 47.6 Å². The zero-order chi connectivity index (χ0) is 15.8. The molecule has 0 bridgehead atoms. The number of ether oxygens (including phenoxy) is 2. The molecule has 124 valence electrons. The molecule has 3 atom stereocenters. The molecule has 4 nitrogen and oxygen atoms in total. The van der Waals surface area contributed by atoms with Gasteiger partial charge >= 0.3 is 5.97 Å². The van der Waals surface area contributed by atoms with E-state index in [4.69, 9.17) is 9.47 Å². The molecule has 2 aliphatic heterocycles. The van der Waals surface area contributed by atoms with E-state index in [2.05, 4.69) is 5.32 Å². The number of rotatable bonds is 3. The van der Waals surface area contributed by atoms with Crippen LogP contribution in [0, 0.1) is 11.8 Å². The van der Waals surface area contributed by atoms with Crippen LogP contribution in [0.2, 0.25) is 0 Å². The molecule has 1 aliphatic carbocycles. The summed E-state index contributed by atoms with van der Waals surface area (Å²) in [5, 5.41) is 3.76. The van der Waals surface area contributed by atoms with Crippen molar-refractivity contribution in [1.29, 1.82) is 0 Å². The second kappa shape index (κ2) is 6.16. The predicted molar refractivity (Wildman–Crippen MR) is 88.6 cm³/mol. The molecule has 0 amide bonds. The van der Waals surface area contributed by atoms with Crippen molar-refractivity contribution in [2.24, 2.45) is 11.8 Å². The van der Waals surface area contributed by atoms with Crippen molar-refractivity contribution in [1.82, 2.24) is 0 Å². The van der Waals surface area contributed by atoms with Gasteiger partial charge in [-0.3, -0.25) is 0 Å². The SMILES string of the molecule is CCOC(=O)c1ccc2c(c1)NC(C1CCCC1)C1CCOC21.